The van der Waals surface area contributed by atoms with Crippen molar-refractivity contribution in [3.8, 4) is 11.1 Å². The highest BCUT2D eigenvalue weighted by Crippen LogP contribution is 2.33. The number of hydrogen-bond donors (Lipinski definition) is 1. The summed E-state index contributed by atoms with van der Waals surface area (Å²) in [4.78, 5) is 26.3. The van der Waals surface area contributed by atoms with E-state index in [0.29, 0.717) is 22.3 Å². The number of halogens is 1. The number of nitrogens with zero attached hydrogens (tertiary/aromatic N) is 1. The third-order valence-corrected chi connectivity index (χ3v) is 10.2. The number of hydrogen-bond acceptors (Lipinski definition) is 6. The highest BCUT2D eigenvalue weighted by Gasteiger charge is 2.30. The number of pyridine rings is 1. The molecule has 2 atom stereocenters. The van der Waals surface area contributed by atoms with Crippen LogP contribution in [0.25, 0.3) is 11.1 Å². The van der Waals surface area contributed by atoms with Crippen molar-refractivity contribution >= 4 is 27.0 Å². The molecule has 0 amide bonds. The Morgan fingerprint density at radius 3 is 2.23 bits per heavy atom. The van der Waals surface area contributed by atoms with Gasteiger partial charge in [0.2, 0.25) is 0 Å². The fraction of sp³-hybridized carbons (Fsp3) is 0.379. The number of aryl methyl sites for hydroxylation is 1. The lowest BCUT2D eigenvalue weighted by Gasteiger charge is -2.27. The maximum Gasteiger partial charge on any atom is 0.250 e. The van der Waals surface area contributed by atoms with Crippen molar-refractivity contribution in [3.63, 3.8) is 0 Å². The second-order valence-corrected chi connectivity index (χ2v) is 15.4. The molecule has 1 heterocycles. The van der Waals surface area contributed by atoms with Crippen LogP contribution < -0.4 is 10.3 Å². The number of aromatic nitrogens is 1. The van der Waals surface area contributed by atoms with Crippen LogP contribution in [-0.2, 0) is 34.0 Å². The van der Waals surface area contributed by atoms with Crippen LogP contribution in [0.1, 0.15) is 74.6 Å². The summed E-state index contributed by atoms with van der Waals surface area (Å²) >= 11 is -1.45. The second-order valence-electron chi connectivity index (χ2n) is 10.9. The molecule has 0 bridgehead atoms. The molecule has 0 aliphatic heterocycles. The zero-order valence-electron chi connectivity index (χ0n) is 23.2. The van der Waals surface area contributed by atoms with E-state index in [1.807, 2.05) is 20.8 Å². The molecular weight excluding hydrogens is 539 g/mol. The van der Waals surface area contributed by atoms with E-state index in [1.54, 1.807) is 52.2 Å². The molecule has 1 aromatic heterocycles. The van der Waals surface area contributed by atoms with E-state index < -0.39 is 43.1 Å². The van der Waals surface area contributed by atoms with Gasteiger partial charge in [-0.3, -0.25) is 9.59 Å². The van der Waals surface area contributed by atoms with Gasteiger partial charge in [-0.1, -0.05) is 12.1 Å². The summed E-state index contributed by atoms with van der Waals surface area (Å²) in [6.07, 6.45) is 1.59. The number of ketones is 1. The van der Waals surface area contributed by atoms with E-state index in [4.69, 9.17) is 0 Å². The van der Waals surface area contributed by atoms with Crippen LogP contribution in [-0.4, -0.2) is 33.3 Å². The number of benzene rings is 2. The van der Waals surface area contributed by atoms with Gasteiger partial charge in [-0.05, 0) is 88.6 Å². The molecule has 39 heavy (non-hydrogen) atoms. The lowest BCUT2D eigenvalue weighted by molar-refractivity contribution is 0.103. The third-order valence-electron chi connectivity index (χ3n) is 6.38. The summed E-state index contributed by atoms with van der Waals surface area (Å²) in [5, 5.41) is -0.591. The van der Waals surface area contributed by atoms with Crippen molar-refractivity contribution in [2.45, 2.75) is 63.3 Å². The normalized spacial score (nSPS) is 13.9. The minimum Gasteiger partial charge on any atom is -0.598 e. The highest BCUT2D eigenvalue weighted by molar-refractivity contribution is 7.91. The van der Waals surface area contributed by atoms with Gasteiger partial charge in [-0.25, -0.2) is 12.8 Å². The molecule has 210 valence electrons. The van der Waals surface area contributed by atoms with Crippen LogP contribution in [0.4, 0.5) is 4.39 Å². The van der Waals surface area contributed by atoms with Gasteiger partial charge in [0, 0.05) is 47.4 Å². The van der Waals surface area contributed by atoms with E-state index in [0.717, 1.165) is 0 Å². The highest BCUT2D eigenvalue weighted by atomic mass is 32.2. The zero-order chi connectivity index (χ0) is 29.3. The maximum absolute atomic E-state index is 13.6. The predicted octanol–water partition coefficient (Wildman–Crippen LogP) is 4.86. The van der Waals surface area contributed by atoms with E-state index >= 15 is 0 Å². The van der Waals surface area contributed by atoms with Gasteiger partial charge in [0.25, 0.3) is 5.56 Å². The first kappa shape index (κ1) is 30.7. The molecular formula is C29H35FN2O5S2. The monoisotopic (exact) mass is 574 g/mol. The summed E-state index contributed by atoms with van der Waals surface area (Å²) in [5.74, 6) is -1.10. The molecule has 0 fully saturated rings. The Hall–Kier alpha value is -2.79. The van der Waals surface area contributed by atoms with Crippen LogP contribution in [0, 0.1) is 5.82 Å². The Kier molecular flexibility index (Phi) is 9.27. The topological polar surface area (TPSA) is 108 Å². The van der Waals surface area contributed by atoms with Crippen molar-refractivity contribution in [1.29, 1.82) is 0 Å². The van der Waals surface area contributed by atoms with Crippen molar-refractivity contribution in [1.82, 2.24) is 9.29 Å². The molecule has 10 heteroatoms. The SMILES string of the molecule is CC(C)S(=O)(=O)Cc1ccc(C(=O)c2ccc(F)cc2)c(-c2cn(C)c(=O)cc2[C@H](C)N[S@@+]([O-])C(C)(C)C)c1. The number of rotatable bonds is 9. The molecule has 0 saturated carbocycles. The lowest BCUT2D eigenvalue weighted by atomic mass is 9.89. The fourth-order valence-electron chi connectivity index (χ4n) is 3.89. The molecule has 0 unspecified atom stereocenters. The standard InChI is InChI=1S/C29H35FN2O5S2/c1-18(2)39(36,37)17-20-8-13-23(28(34)21-9-11-22(30)12-10-21)25(14-20)26-16-32(7)27(33)15-24(26)19(3)31-38(35)29(4,5)6/h8-16,18-19,31H,17H2,1-7H3/t19-,38-/m0/s1. The van der Waals surface area contributed by atoms with Crippen LogP contribution in [0.15, 0.2) is 59.5 Å². The molecule has 3 rings (SSSR count). The van der Waals surface area contributed by atoms with Gasteiger partial charge in [0.05, 0.1) is 17.0 Å². The van der Waals surface area contributed by atoms with Crippen molar-refractivity contribution in [2.75, 3.05) is 0 Å². The Morgan fingerprint density at radius 1 is 1.05 bits per heavy atom. The van der Waals surface area contributed by atoms with Crippen LogP contribution in [0.5, 0.6) is 0 Å². The van der Waals surface area contributed by atoms with Crippen molar-refractivity contribution < 1.29 is 22.2 Å². The smallest absolute Gasteiger partial charge is 0.250 e. The van der Waals surface area contributed by atoms with Gasteiger partial charge >= 0.3 is 0 Å². The zero-order valence-corrected chi connectivity index (χ0v) is 24.9. The van der Waals surface area contributed by atoms with Crippen molar-refractivity contribution in [3.05, 3.63) is 93.2 Å². The Bertz CT molecular complexity index is 1520. The number of carbonyl (C=O) groups is 1. The molecule has 0 aliphatic carbocycles. The Balaban J connectivity index is 2.27. The number of nitrogens with one attached hydrogen (secondary N) is 1. The average Bonchev–Trinajstić information content (AvgIpc) is 2.84. The fourth-order valence-corrected chi connectivity index (χ4v) is 5.67. The molecule has 1 N–H and O–H groups in total. The van der Waals surface area contributed by atoms with E-state index in [-0.39, 0.29) is 28.2 Å². The lowest BCUT2D eigenvalue weighted by Crippen LogP contribution is -2.41. The maximum atomic E-state index is 13.6. The summed E-state index contributed by atoms with van der Waals surface area (Å²) in [6.45, 7) is 10.5. The van der Waals surface area contributed by atoms with Crippen LogP contribution >= 0.6 is 0 Å². The minimum absolute atomic E-state index is 0.231. The van der Waals surface area contributed by atoms with Gasteiger partial charge in [0.1, 0.15) is 10.6 Å². The second kappa shape index (κ2) is 11.8. The van der Waals surface area contributed by atoms with Gasteiger partial charge in [0.15, 0.2) is 15.6 Å². The molecule has 0 spiro atoms. The molecule has 0 saturated heterocycles. The molecule has 7 nitrogen and oxygen atoms in total. The Labute approximate surface area is 232 Å². The average molecular weight is 575 g/mol. The first-order valence-electron chi connectivity index (χ1n) is 12.5. The van der Waals surface area contributed by atoms with Gasteiger partial charge in [-0.2, -0.15) is 0 Å². The summed E-state index contributed by atoms with van der Waals surface area (Å²) in [5.41, 5.74) is 2.14. The summed E-state index contributed by atoms with van der Waals surface area (Å²) < 4.78 is 55.7. The summed E-state index contributed by atoms with van der Waals surface area (Å²) in [6, 6.07) is 10.8. The van der Waals surface area contributed by atoms with Crippen LogP contribution in [0.3, 0.4) is 0 Å². The van der Waals surface area contributed by atoms with Crippen LogP contribution in [0.2, 0.25) is 0 Å². The molecule has 0 radical (unpaired) electrons. The van der Waals surface area contributed by atoms with Gasteiger partial charge in [-0.15, -0.1) is 4.72 Å². The summed E-state index contributed by atoms with van der Waals surface area (Å²) in [7, 11) is -1.87. The molecule has 0 aliphatic rings. The van der Waals surface area contributed by atoms with E-state index in [1.165, 1.54) is 34.9 Å². The van der Waals surface area contributed by atoms with Gasteiger partial charge < -0.3 is 9.12 Å². The number of carbonyl (C=O) groups excluding carboxylic acids is 1. The third kappa shape index (κ3) is 7.25. The van der Waals surface area contributed by atoms with E-state index in [2.05, 4.69) is 4.72 Å². The van der Waals surface area contributed by atoms with E-state index in [9.17, 15) is 27.0 Å². The minimum atomic E-state index is -3.45. The largest absolute Gasteiger partial charge is 0.598 e. The molecule has 3 aromatic rings. The number of sulfone groups is 1. The Morgan fingerprint density at radius 2 is 1.67 bits per heavy atom. The molecule has 2 aromatic carbocycles. The first-order valence-corrected chi connectivity index (χ1v) is 15.4. The quantitative estimate of drug-likeness (QED) is 0.289. The predicted molar refractivity (Wildman–Crippen MR) is 154 cm³/mol. The first-order chi connectivity index (χ1) is 18.0. The van der Waals surface area contributed by atoms with Crippen molar-refractivity contribution in [2.24, 2.45) is 7.05 Å².